The normalized spacial score (nSPS) is 17.9. The Bertz CT molecular complexity index is 553. The van der Waals surface area contributed by atoms with Gasteiger partial charge in [-0.3, -0.25) is 14.4 Å². The zero-order valence-electron chi connectivity index (χ0n) is 11.8. The molecule has 1 atom stereocenters. The highest BCUT2D eigenvalue weighted by Crippen LogP contribution is 2.20. The Hall–Kier alpha value is -2.37. The second kappa shape index (κ2) is 6.39. The third kappa shape index (κ3) is 4.05. The molecule has 0 aliphatic carbocycles. The molecule has 0 unspecified atom stereocenters. The summed E-state index contributed by atoms with van der Waals surface area (Å²) in [5.74, 6) is -2.02. The number of carbonyl (C=O) groups excluding carboxylic acids is 2. The topological polar surface area (TPSA) is 86.7 Å². The molecular weight excluding hydrogens is 272 g/mol. The molecule has 0 bridgehead atoms. The SMILES string of the molecule is Cc1ccc(CN2C[C@@H](C(=O)NCC(=O)O)CC2=O)cc1. The Kier molecular flexibility index (Phi) is 4.57. The van der Waals surface area contributed by atoms with Gasteiger partial charge in [-0.25, -0.2) is 0 Å². The van der Waals surface area contributed by atoms with Crippen LogP contribution < -0.4 is 5.32 Å². The first-order valence-electron chi connectivity index (χ1n) is 6.78. The summed E-state index contributed by atoms with van der Waals surface area (Å²) in [5, 5.41) is 10.9. The molecule has 6 nitrogen and oxygen atoms in total. The lowest BCUT2D eigenvalue weighted by Gasteiger charge is -2.16. The lowest BCUT2D eigenvalue weighted by Crippen LogP contribution is -2.35. The molecule has 1 aromatic rings. The minimum absolute atomic E-state index is 0.0777. The summed E-state index contributed by atoms with van der Waals surface area (Å²) in [6.07, 6.45) is 0.136. The fourth-order valence-corrected chi connectivity index (χ4v) is 2.32. The molecule has 0 radical (unpaired) electrons. The van der Waals surface area contributed by atoms with E-state index in [4.69, 9.17) is 5.11 Å². The van der Waals surface area contributed by atoms with Gasteiger partial charge in [0.05, 0.1) is 5.92 Å². The largest absolute Gasteiger partial charge is 0.480 e. The fraction of sp³-hybridized carbons (Fsp3) is 0.400. The first-order valence-corrected chi connectivity index (χ1v) is 6.78. The van der Waals surface area contributed by atoms with E-state index in [0.29, 0.717) is 13.1 Å². The number of carbonyl (C=O) groups is 3. The Morgan fingerprint density at radius 2 is 2.00 bits per heavy atom. The maximum absolute atomic E-state index is 11.9. The Balaban J connectivity index is 1.91. The Labute approximate surface area is 122 Å². The molecule has 0 spiro atoms. The van der Waals surface area contributed by atoms with Crippen molar-refractivity contribution in [2.75, 3.05) is 13.1 Å². The van der Waals surface area contributed by atoms with Crippen LogP contribution in [-0.2, 0) is 20.9 Å². The molecule has 1 saturated heterocycles. The van der Waals surface area contributed by atoms with E-state index in [9.17, 15) is 14.4 Å². The van der Waals surface area contributed by atoms with Gasteiger partial charge in [-0.1, -0.05) is 29.8 Å². The molecule has 0 saturated carbocycles. The van der Waals surface area contributed by atoms with E-state index in [-0.39, 0.29) is 18.2 Å². The number of benzene rings is 1. The van der Waals surface area contributed by atoms with Crippen LogP contribution in [0.3, 0.4) is 0 Å². The number of likely N-dealkylation sites (tertiary alicyclic amines) is 1. The van der Waals surface area contributed by atoms with Crippen LogP contribution in [0, 0.1) is 12.8 Å². The second-order valence-corrected chi connectivity index (χ2v) is 5.27. The summed E-state index contributed by atoms with van der Waals surface area (Å²) in [6, 6.07) is 7.88. The van der Waals surface area contributed by atoms with Gasteiger partial charge in [0.25, 0.3) is 0 Å². The van der Waals surface area contributed by atoms with Gasteiger partial charge in [-0.2, -0.15) is 0 Å². The summed E-state index contributed by atoms with van der Waals surface area (Å²) < 4.78 is 0. The van der Waals surface area contributed by atoms with E-state index in [2.05, 4.69) is 5.32 Å². The third-order valence-corrected chi connectivity index (χ3v) is 3.49. The number of nitrogens with zero attached hydrogens (tertiary/aromatic N) is 1. The smallest absolute Gasteiger partial charge is 0.322 e. The number of aryl methyl sites for hydroxylation is 1. The molecule has 6 heteroatoms. The summed E-state index contributed by atoms with van der Waals surface area (Å²) in [4.78, 5) is 35.8. The van der Waals surface area contributed by atoms with Crippen LogP contribution in [0.2, 0.25) is 0 Å². The van der Waals surface area contributed by atoms with E-state index in [1.807, 2.05) is 31.2 Å². The van der Waals surface area contributed by atoms with Gasteiger partial charge in [0, 0.05) is 19.5 Å². The van der Waals surface area contributed by atoms with Crippen molar-refractivity contribution >= 4 is 17.8 Å². The van der Waals surface area contributed by atoms with E-state index in [1.165, 1.54) is 0 Å². The van der Waals surface area contributed by atoms with Crippen molar-refractivity contribution in [3.05, 3.63) is 35.4 Å². The fourth-order valence-electron chi connectivity index (χ4n) is 2.32. The number of rotatable bonds is 5. The summed E-state index contributed by atoms with van der Waals surface area (Å²) in [6.45, 7) is 2.38. The molecule has 1 fully saturated rings. The summed E-state index contributed by atoms with van der Waals surface area (Å²) >= 11 is 0. The maximum Gasteiger partial charge on any atom is 0.322 e. The zero-order chi connectivity index (χ0) is 15.4. The van der Waals surface area contributed by atoms with Crippen LogP contribution in [0.4, 0.5) is 0 Å². The summed E-state index contributed by atoms with van der Waals surface area (Å²) in [5.41, 5.74) is 2.16. The minimum Gasteiger partial charge on any atom is -0.480 e. The molecule has 1 aromatic carbocycles. The molecule has 1 aliphatic heterocycles. The van der Waals surface area contributed by atoms with E-state index >= 15 is 0 Å². The highest BCUT2D eigenvalue weighted by Gasteiger charge is 2.34. The molecule has 21 heavy (non-hydrogen) atoms. The van der Waals surface area contributed by atoms with E-state index in [0.717, 1.165) is 11.1 Å². The molecule has 1 heterocycles. The molecule has 112 valence electrons. The van der Waals surface area contributed by atoms with E-state index < -0.39 is 18.4 Å². The van der Waals surface area contributed by atoms with Gasteiger partial charge < -0.3 is 15.3 Å². The monoisotopic (exact) mass is 290 g/mol. The molecule has 2 amide bonds. The van der Waals surface area contributed by atoms with Gasteiger partial charge >= 0.3 is 5.97 Å². The predicted octanol–water partition coefficient (Wildman–Crippen LogP) is 0.544. The highest BCUT2D eigenvalue weighted by atomic mass is 16.4. The quantitative estimate of drug-likeness (QED) is 0.829. The van der Waals surface area contributed by atoms with Crippen molar-refractivity contribution in [1.29, 1.82) is 0 Å². The van der Waals surface area contributed by atoms with E-state index in [1.54, 1.807) is 4.90 Å². The average molecular weight is 290 g/mol. The first-order chi connectivity index (χ1) is 9.95. The highest BCUT2D eigenvalue weighted by molar-refractivity contribution is 5.90. The van der Waals surface area contributed by atoms with Gasteiger partial charge in [0.1, 0.15) is 6.54 Å². The Morgan fingerprint density at radius 3 is 2.62 bits per heavy atom. The number of aliphatic carboxylic acids is 1. The number of hydrogen-bond donors (Lipinski definition) is 2. The van der Waals surface area contributed by atoms with Crippen molar-refractivity contribution in [3.63, 3.8) is 0 Å². The third-order valence-electron chi connectivity index (χ3n) is 3.49. The van der Waals surface area contributed by atoms with Crippen molar-refractivity contribution < 1.29 is 19.5 Å². The van der Waals surface area contributed by atoms with Crippen molar-refractivity contribution in [2.24, 2.45) is 5.92 Å². The van der Waals surface area contributed by atoms with Crippen molar-refractivity contribution in [1.82, 2.24) is 10.2 Å². The standard InChI is InChI=1S/C15H18N2O4/c1-10-2-4-11(5-3-10)8-17-9-12(6-13(17)18)15(21)16-7-14(19)20/h2-5,12H,6-9H2,1H3,(H,16,21)(H,19,20)/t12-/m0/s1. The number of hydrogen-bond acceptors (Lipinski definition) is 3. The maximum atomic E-state index is 11.9. The van der Waals surface area contributed by atoms with Crippen molar-refractivity contribution in [3.8, 4) is 0 Å². The van der Waals surface area contributed by atoms with Gasteiger partial charge in [0.2, 0.25) is 11.8 Å². The molecule has 2 rings (SSSR count). The molecule has 0 aromatic heterocycles. The van der Waals surface area contributed by atoms with Gasteiger partial charge in [0.15, 0.2) is 0 Å². The number of amides is 2. The van der Waals surface area contributed by atoms with Crippen molar-refractivity contribution in [2.45, 2.75) is 19.9 Å². The zero-order valence-corrected chi connectivity index (χ0v) is 11.8. The molecule has 1 aliphatic rings. The average Bonchev–Trinajstić information content (AvgIpc) is 2.80. The molecule has 2 N–H and O–H groups in total. The van der Waals surface area contributed by atoms with Crippen LogP contribution in [0.25, 0.3) is 0 Å². The van der Waals surface area contributed by atoms with Crippen LogP contribution in [-0.4, -0.2) is 40.9 Å². The van der Waals surface area contributed by atoms with Crippen LogP contribution in [0.1, 0.15) is 17.5 Å². The van der Waals surface area contributed by atoms with Crippen LogP contribution >= 0.6 is 0 Å². The van der Waals surface area contributed by atoms with Gasteiger partial charge in [-0.15, -0.1) is 0 Å². The first kappa shape index (κ1) is 15.0. The second-order valence-electron chi connectivity index (χ2n) is 5.27. The summed E-state index contributed by atoms with van der Waals surface area (Å²) in [7, 11) is 0. The van der Waals surface area contributed by atoms with Crippen LogP contribution in [0.5, 0.6) is 0 Å². The lowest BCUT2D eigenvalue weighted by molar-refractivity contribution is -0.138. The predicted molar refractivity (Wildman–Crippen MR) is 75.3 cm³/mol. The lowest BCUT2D eigenvalue weighted by atomic mass is 10.1. The van der Waals surface area contributed by atoms with Crippen LogP contribution in [0.15, 0.2) is 24.3 Å². The number of nitrogens with one attached hydrogen (secondary N) is 1. The molecular formula is C15H18N2O4. The van der Waals surface area contributed by atoms with Gasteiger partial charge in [-0.05, 0) is 12.5 Å². The minimum atomic E-state index is -1.09. The number of carboxylic acid groups (broad SMARTS) is 1. The Morgan fingerprint density at radius 1 is 1.33 bits per heavy atom. The number of carboxylic acids is 1.